The number of hydrogen-bond donors (Lipinski definition) is 3. The lowest BCUT2D eigenvalue weighted by Crippen LogP contribution is -2.54. The van der Waals surface area contributed by atoms with Gasteiger partial charge in [0, 0.05) is 48.6 Å². The molecule has 1 unspecified atom stereocenters. The Morgan fingerprint density at radius 1 is 1.00 bits per heavy atom. The summed E-state index contributed by atoms with van der Waals surface area (Å²) in [4.78, 5) is 45.7. The fourth-order valence-corrected chi connectivity index (χ4v) is 5.67. The monoisotopic (exact) mass is 584 g/mol. The van der Waals surface area contributed by atoms with E-state index in [9.17, 15) is 14.4 Å². The maximum absolute atomic E-state index is 14.1. The van der Waals surface area contributed by atoms with Crippen LogP contribution in [0.5, 0.6) is 0 Å². The number of terminal acetylenes is 1. The van der Waals surface area contributed by atoms with Crippen molar-refractivity contribution in [3.05, 3.63) is 70.4 Å². The molecule has 0 bridgehead atoms. The van der Waals surface area contributed by atoms with Gasteiger partial charge in [-0.2, -0.15) is 4.79 Å². The molecular weight excluding hydrogens is 546 g/mol. The molecule has 5 rings (SSSR count). The number of para-hydroxylation sites is 1. The van der Waals surface area contributed by atoms with Crippen LogP contribution in [0.25, 0.3) is 0 Å². The second-order valence-electron chi connectivity index (χ2n) is 10.8. The largest absolute Gasteiger partial charge is 0.559 e. The Hall–Kier alpha value is -4.50. The molecule has 11 heteroatoms. The van der Waals surface area contributed by atoms with E-state index >= 15 is 0 Å². The number of rotatable bonds is 6. The van der Waals surface area contributed by atoms with E-state index < -0.39 is 22.6 Å². The predicted octanol–water partition coefficient (Wildman–Crippen LogP) is 3.30. The van der Waals surface area contributed by atoms with Crippen molar-refractivity contribution in [1.82, 2.24) is 15.5 Å². The molecule has 1 atom stereocenters. The number of amidine groups is 1. The first kappa shape index (κ1) is 30.0. The van der Waals surface area contributed by atoms with E-state index in [0.29, 0.717) is 41.9 Å². The number of carbonyl (C=O) groups is 3. The number of likely N-dealkylation sites (N-methyl/N-ethyl adjacent to an activating group) is 1. The average molecular weight is 585 g/mol. The molecule has 0 saturated carbocycles. The standard InChI is InChI=1S/C32H37N7O4/c1-5-19-43-32(42)39(31(41)34-28-22(6-2)9-8-10-23(28)7-3)27-21-33-20-26(27)29(36-39)35-30(40)24-11-13-25(14-12-24)38-17-15-37(4)16-18-38/h1,8-14,33H,6-7,15-21H2,2-4H3,(H-,34,35,36,40,41)/p+1. The third kappa shape index (κ3) is 5.77. The fourth-order valence-electron chi connectivity index (χ4n) is 5.67. The van der Waals surface area contributed by atoms with Crippen molar-refractivity contribution in [3.8, 4) is 12.3 Å². The van der Waals surface area contributed by atoms with E-state index in [2.05, 4.69) is 43.8 Å². The summed E-state index contributed by atoms with van der Waals surface area (Å²) in [6.45, 7) is 7.98. The minimum absolute atomic E-state index is 0.139. The van der Waals surface area contributed by atoms with Gasteiger partial charge in [0.15, 0.2) is 12.3 Å². The number of amides is 4. The van der Waals surface area contributed by atoms with Crippen LogP contribution >= 0.6 is 0 Å². The maximum atomic E-state index is 14.1. The number of carbonyl (C=O) groups excluding carboxylic acids is 3. The first-order valence-corrected chi connectivity index (χ1v) is 14.6. The van der Waals surface area contributed by atoms with E-state index in [0.717, 1.165) is 43.0 Å². The summed E-state index contributed by atoms with van der Waals surface area (Å²) in [6, 6.07) is 12.5. The van der Waals surface area contributed by atoms with Crippen molar-refractivity contribution >= 4 is 35.2 Å². The Labute approximate surface area is 252 Å². The lowest BCUT2D eigenvalue weighted by atomic mass is 10.0. The highest BCUT2D eigenvalue weighted by Gasteiger charge is 2.60. The zero-order valence-electron chi connectivity index (χ0n) is 24.9. The summed E-state index contributed by atoms with van der Waals surface area (Å²) >= 11 is 0. The smallest absolute Gasteiger partial charge is 0.404 e. The lowest BCUT2D eigenvalue weighted by molar-refractivity contribution is -0.738. The molecule has 0 aliphatic carbocycles. The van der Waals surface area contributed by atoms with Crippen LogP contribution in [-0.2, 0) is 17.6 Å². The number of nitrogens with zero attached hydrogens (tertiary/aromatic N) is 4. The SMILES string of the molecule is C#CCOC(=O)[N+]1(C(=O)Nc2c(CC)cccc2CC)N=C(NC(=O)c2ccc(N3CCN(C)CC3)cc2)C2=C1CNC2. The highest BCUT2D eigenvalue weighted by Crippen LogP contribution is 2.35. The molecule has 0 aromatic heterocycles. The van der Waals surface area contributed by atoms with Crippen LogP contribution in [0.3, 0.4) is 0 Å². The fraction of sp³-hybridized carbons (Fsp3) is 0.375. The highest BCUT2D eigenvalue weighted by molar-refractivity contribution is 6.14. The molecule has 2 aromatic rings. The van der Waals surface area contributed by atoms with Gasteiger partial charge >= 0.3 is 12.1 Å². The Morgan fingerprint density at radius 2 is 1.67 bits per heavy atom. The van der Waals surface area contributed by atoms with Crippen molar-refractivity contribution in [2.45, 2.75) is 26.7 Å². The Balaban J connectivity index is 1.45. The minimum Gasteiger partial charge on any atom is -0.404 e. The van der Waals surface area contributed by atoms with Gasteiger partial charge in [-0.05, 0) is 60.4 Å². The molecule has 224 valence electrons. The third-order valence-electron chi connectivity index (χ3n) is 8.17. The zero-order chi connectivity index (χ0) is 30.6. The molecule has 2 aromatic carbocycles. The molecule has 3 heterocycles. The molecule has 0 spiro atoms. The lowest BCUT2D eigenvalue weighted by Gasteiger charge is -2.34. The number of anilines is 2. The Morgan fingerprint density at radius 3 is 2.30 bits per heavy atom. The van der Waals surface area contributed by atoms with Crippen LogP contribution in [0.1, 0.15) is 35.3 Å². The van der Waals surface area contributed by atoms with Gasteiger partial charge in [-0.25, -0.2) is 4.79 Å². The number of piperazine rings is 1. The van der Waals surface area contributed by atoms with E-state index in [1.165, 1.54) is 0 Å². The quantitative estimate of drug-likeness (QED) is 0.353. The summed E-state index contributed by atoms with van der Waals surface area (Å²) < 4.78 is 4.20. The minimum atomic E-state index is -1.12. The molecular formula is C32H38N7O4+. The van der Waals surface area contributed by atoms with Gasteiger partial charge in [0.25, 0.3) is 5.91 Å². The number of benzene rings is 2. The molecule has 11 nitrogen and oxygen atoms in total. The molecule has 3 aliphatic heterocycles. The number of hydrogen-bond acceptors (Lipinski definition) is 8. The normalized spacial score (nSPS) is 19.9. The van der Waals surface area contributed by atoms with Gasteiger partial charge in [-0.1, -0.05) is 38.0 Å². The summed E-state index contributed by atoms with van der Waals surface area (Å²) in [7, 11) is 2.11. The highest BCUT2D eigenvalue weighted by atomic mass is 16.6. The number of aryl methyl sites for hydroxylation is 2. The second kappa shape index (κ2) is 12.8. The molecule has 1 saturated heterocycles. The van der Waals surface area contributed by atoms with Crippen LogP contribution in [0, 0.1) is 12.3 Å². The van der Waals surface area contributed by atoms with Crippen LogP contribution in [0.2, 0.25) is 0 Å². The number of imide groups is 1. The summed E-state index contributed by atoms with van der Waals surface area (Å²) in [6.07, 6.45) is 5.78. The van der Waals surface area contributed by atoms with Crippen LogP contribution in [0.15, 0.2) is 58.8 Å². The number of urea groups is 1. The summed E-state index contributed by atoms with van der Waals surface area (Å²) in [5.74, 6) is 2.02. The van der Waals surface area contributed by atoms with Crippen LogP contribution in [-0.4, -0.2) is 86.3 Å². The number of ether oxygens (including phenoxy) is 1. The number of nitrogens with one attached hydrogen (secondary N) is 3. The van der Waals surface area contributed by atoms with E-state index in [-0.39, 0.29) is 19.0 Å². The van der Waals surface area contributed by atoms with Crippen molar-refractivity contribution in [2.24, 2.45) is 5.10 Å². The second-order valence-corrected chi connectivity index (χ2v) is 10.8. The van der Waals surface area contributed by atoms with Crippen molar-refractivity contribution < 1.29 is 23.7 Å². The van der Waals surface area contributed by atoms with Gasteiger partial charge in [0.05, 0.1) is 17.8 Å². The zero-order valence-corrected chi connectivity index (χ0v) is 24.9. The molecule has 3 N–H and O–H groups in total. The van der Waals surface area contributed by atoms with Gasteiger partial charge in [0.2, 0.25) is 5.84 Å². The van der Waals surface area contributed by atoms with Gasteiger partial charge in [-0.15, -0.1) is 6.42 Å². The van der Waals surface area contributed by atoms with E-state index in [4.69, 9.17) is 11.2 Å². The predicted molar refractivity (Wildman–Crippen MR) is 166 cm³/mol. The van der Waals surface area contributed by atoms with Gasteiger partial charge < -0.3 is 25.2 Å². The molecule has 4 amide bonds. The van der Waals surface area contributed by atoms with E-state index in [1.807, 2.05) is 44.2 Å². The van der Waals surface area contributed by atoms with Gasteiger partial charge in [-0.3, -0.25) is 10.1 Å². The third-order valence-corrected chi connectivity index (χ3v) is 8.17. The first-order chi connectivity index (χ1) is 20.8. The molecule has 0 radical (unpaired) electrons. The van der Waals surface area contributed by atoms with Crippen LogP contribution in [0.4, 0.5) is 21.0 Å². The molecule has 3 aliphatic rings. The topological polar surface area (TPSA) is 115 Å². The number of quaternary nitrogens is 1. The first-order valence-electron chi connectivity index (χ1n) is 14.6. The molecule has 1 fully saturated rings. The van der Waals surface area contributed by atoms with Crippen molar-refractivity contribution in [2.75, 3.05) is 63.1 Å². The Bertz CT molecular complexity index is 1490. The maximum Gasteiger partial charge on any atom is 0.559 e. The average Bonchev–Trinajstić information content (AvgIpc) is 3.63. The summed E-state index contributed by atoms with van der Waals surface area (Å²) in [5, 5.41) is 13.6. The molecule has 43 heavy (non-hydrogen) atoms. The van der Waals surface area contributed by atoms with Crippen molar-refractivity contribution in [3.63, 3.8) is 0 Å². The van der Waals surface area contributed by atoms with Crippen LogP contribution < -0.4 is 20.9 Å². The summed E-state index contributed by atoms with van der Waals surface area (Å²) in [5.41, 5.74) is 4.93. The Kier molecular flexibility index (Phi) is 8.92. The van der Waals surface area contributed by atoms with Crippen molar-refractivity contribution in [1.29, 1.82) is 0 Å². The van der Waals surface area contributed by atoms with Gasteiger partial charge in [0.1, 0.15) is 0 Å². The van der Waals surface area contributed by atoms with E-state index in [1.54, 1.807) is 12.1 Å².